The number of carbonyl (C=O) groups excluding carboxylic acids is 1. The van der Waals surface area contributed by atoms with Gasteiger partial charge in [-0.1, -0.05) is 25.1 Å². The molecule has 1 N–H and O–H groups in total. The molecule has 0 radical (unpaired) electrons. The van der Waals surface area contributed by atoms with Crippen LogP contribution in [0.1, 0.15) is 27.2 Å². The fraction of sp³-hybridized carbons (Fsp3) is 0.316. The molecule has 2 aromatic carbocycles. The van der Waals surface area contributed by atoms with E-state index < -0.39 is 60.7 Å². The zero-order valence-electron chi connectivity index (χ0n) is 16.6. The molecule has 0 fully saturated rings. The normalized spacial score (nSPS) is 15.0. The van der Waals surface area contributed by atoms with Crippen LogP contribution in [0.15, 0.2) is 30.3 Å². The minimum absolute atomic E-state index is 0.135. The summed E-state index contributed by atoms with van der Waals surface area (Å²) in [6.45, 7) is 4.52. The highest BCUT2D eigenvalue weighted by Crippen LogP contribution is 2.47. The Bertz CT molecular complexity index is 962. The molecule has 31 heavy (non-hydrogen) atoms. The van der Waals surface area contributed by atoms with Crippen molar-refractivity contribution in [2.75, 3.05) is 0 Å². The highest BCUT2D eigenvalue weighted by molar-refractivity contribution is 7.52. The Morgan fingerprint density at radius 1 is 0.935 bits per heavy atom. The quantitative estimate of drug-likeness (QED) is 0.178. The maximum atomic E-state index is 14.0. The minimum Gasteiger partial charge on any atom is -0.462 e. The summed E-state index contributed by atoms with van der Waals surface area (Å²) in [7, 11) is -4.92. The molecule has 0 spiro atoms. The average Bonchev–Trinajstić information content (AvgIpc) is 2.74. The molecule has 0 aromatic heterocycles. The van der Waals surface area contributed by atoms with E-state index in [2.05, 4.69) is 9.61 Å². The summed E-state index contributed by atoms with van der Waals surface area (Å²) in [5.41, 5.74) is 0. The van der Waals surface area contributed by atoms with Gasteiger partial charge in [-0.15, -0.1) is 0 Å². The molecule has 6 nitrogen and oxygen atoms in total. The summed E-state index contributed by atoms with van der Waals surface area (Å²) in [5, 5.41) is 2.09. The number of hydrogen-bond acceptors (Lipinski definition) is 5. The van der Waals surface area contributed by atoms with Crippen molar-refractivity contribution in [1.82, 2.24) is 5.09 Å². The Labute approximate surface area is 174 Å². The molecular formula is C19H19F5NO5P. The Morgan fingerprint density at radius 2 is 1.45 bits per heavy atom. The Kier molecular flexibility index (Phi) is 8.02. The highest BCUT2D eigenvalue weighted by atomic mass is 31.2. The monoisotopic (exact) mass is 467 g/mol. The second kappa shape index (κ2) is 10.1. The number of halogens is 5. The van der Waals surface area contributed by atoms with Crippen molar-refractivity contribution in [2.45, 2.75) is 39.3 Å². The van der Waals surface area contributed by atoms with E-state index in [1.807, 2.05) is 0 Å². The van der Waals surface area contributed by atoms with Crippen LogP contribution >= 0.6 is 7.75 Å². The van der Waals surface area contributed by atoms with E-state index >= 15 is 0 Å². The van der Waals surface area contributed by atoms with Crippen LogP contribution in [0.3, 0.4) is 0 Å². The van der Waals surface area contributed by atoms with E-state index in [0.717, 1.165) is 0 Å². The van der Waals surface area contributed by atoms with Crippen LogP contribution in [-0.4, -0.2) is 18.1 Å². The number of ether oxygens (including phenoxy) is 1. The summed E-state index contributed by atoms with van der Waals surface area (Å²) in [5.74, 6) is -14.6. The molecule has 3 unspecified atom stereocenters. The van der Waals surface area contributed by atoms with E-state index in [1.165, 1.54) is 31.2 Å². The number of esters is 1. The molecular weight excluding hydrogens is 448 g/mol. The van der Waals surface area contributed by atoms with Crippen LogP contribution in [0.2, 0.25) is 0 Å². The number of rotatable bonds is 9. The summed E-state index contributed by atoms with van der Waals surface area (Å²) in [6.07, 6.45) is -0.0280. The molecule has 12 heteroatoms. The van der Waals surface area contributed by atoms with Crippen LogP contribution in [0.4, 0.5) is 22.0 Å². The fourth-order valence-corrected chi connectivity index (χ4v) is 3.67. The van der Waals surface area contributed by atoms with Crippen LogP contribution in [0, 0.1) is 29.1 Å². The maximum Gasteiger partial charge on any atom is 0.513 e. The Hall–Kier alpha value is -2.65. The van der Waals surface area contributed by atoms with Crippen molar-refractivity contribution in [3.63, 3.8) is 0 Å². The second-order valence-corrected chi connectivity index (χ2v) is 8.02. The first-order valence-electron chi connectivity index (χ1n) is 9.03. The number of nitrogens with one attached hydrogen (secondary N) is 1. The molecule has 0 heterocycles. The van der Waals surface area contributed by atoms with E-state index in [9.17, 15) is 31.3 Å². The second-order valence-electron chi connectivity index (χ2n) is 6.40. The number of hydrogen-bond donors (Lipinski definition) is 1. The van der Waals surface area contributed by atoms with E-state index in [1.54, 1.807) is 19.9 Å². The first-order chi connectivity index (χ1) is 14.5. The topological polar surface area (TPSA) is 73.9 Å². The van der Waals surface area contributed by atoms with Crippen LogP contribution in [0.5, 0.6) is 11.5 Å². The molecule has 0 aliphatic heterocycles. The van der Waals surface area contributed by atoms with E-state index in [-0.39, 0.29) is 5.75 Å². The molecule has 0 bridgehead atoms. The number of benzene rings is 2. The van der Waals surface area contributed by atoms with Gasteiger partial charge in [0.05, 0.1) is 6.10 Å². The molecule has 0 amide bonds. The first-order valence-corrected chi connectivity index (χ1v) is 10.6. The van der Waals surface area contributed by atoms with Gasteiger partial charge in [0.25, 0.3) is 0 Å². The van der Waals surface area contributed by atoms with Crippen molar-refractivity contribution in [2.24, 2.45) is 0 Å². The zero-order chi connectivity index (χ0) is 23.3. The molecule has 0 saturated heterocycles. The molecule has 0 aliphatic carbocycles. The van der Waals surface area contributed by atoms with Crippen molar-refractivity contribution < 1.29 is 45.1 Å². The van der Waals surface area contributed by atoms with Crippen molar-refractivity contribution in [1.29, 1.82) is 0 Å². The number of para-hydroxylation sites is 1. The molecule has 2 rings (SSSR count). The van der Waals surface area contributed by atoms with Crippen LogP contribution in [-0.2, 0) is 14.1 Å². The third kappa shape index (κ3) is 5.95. The maximum absolute atomic E-state index is 14.0. The van der Waals surface area contributed by atoms with Gasteiger partial charge in [-0.25, -0.2) is 17.7 Å². The lowest BCUT2D eigenvalue weighted by Gasteiger charge is -2.24. The zero-order valence-corrected chi connectivity index (χ0v) is 17.5. The van der Waals surface area contributed by atoms with Crippen LogP contribution < -0.4 is 14.1 Å². The Morgan fingerprint density at radius 3 is 1.97 bits per heavy atom. The molecule has 2 aromatic rings. The molecule has 0 aliphatic rings. The summed E-state index contributed by atoms with van der Waals surface area (Å²) >= 11 is 0. The van der Waals surface area contributed by atoms with Gasteiger partial charge < -0.3 is 13.8 Å². The molecule has 3 atom stereocenters. The predicted octanol–water partition coefficient (Wildman–Crippen LogP) is 5.27. The lowest BCUT2D eigenvalue weighted by atomic mass is 10.3. The lowest BCUT2D eigenvalue weighted by Crippen LogP contribution is -2.37. The van der Waals surface area contributed by atoms with Gasteiger partial charge in [0, 0.05) is 0 Å². The van der Waals surface area contributed by atoms with Crippen LogP contribution in [0.25, 0.3) is 0 Å². The van der Waals surface area contributed by atoms with Gasteiger partial charge in [-0.05, 0) is 32.4 Å². The van der Waals surface area contributed by atoms with Crippen molar-refractivity contribution in [3.8, 4) is 11.5 Å². The van der Waals surface area contributed by atoms with Gasteiger partial charge in [0.15, 0.2) is 0 Å². The van der Waals surface area contributed by atoms with Gasteiger partial charge >= 0.3 is 13.7 Å². The Balaban J connectivity index is 2.42. The standard InChI is InChI=1S/C19H19F5NO5P/c1-4-10(2)28-19(26)11(3)25-31(27,29-12-8-6-5-7-9-12)30-18-16(23)14(21)13(20)15(22)17(18)24/h5-11H,4H2,1-3H3,(H,25,27). The fourth-order valence-electron chi connectivity index (χ4n) is 2.15. The first kappa shape index (κ1) is 24.6. The van der Waals surface area contributed by atoms with E-state index in [0.29, 0.717) is 6.42 Å². The van der Waals surface area contributed by atoms with Gasteiger partial charge in [0.1, 0.15) is 11.8 Å². The smallest absolute Gasteiger partial charge is 0.462 e. The third-order valence-corrected chi connectivity index (χ3v) is 5.52. The van der Waals surface area contributed by atoms with Gasteiger partial charge in [-0.3, -0.25) is 4.79 Å². The van der Waals surface area contributed by atoms with Gasteiger partial charge in [0.2, 0.25) is 34.8 Å². The number of carbonyl (C=O) groups is 1. The van der Waals surface area contributed by atoms with Gasteiger partial charge in [-0.2, -0.15) is 13.9 Å². The minimum atomic E-state index is -4.92. The molecule has 170 valence electrons. The summed E-state index contributed by atoms with van der Waals surface area (Å²) in [4.78, 5) is 12.1. The van der Waals surface area contributed by atoms with Crippen molar-refractivity contribution >= 4 is 13.7 Å². The highest BCUT2D eigenvalue weighted by Gasteiger charge is 2.38. The summed E-state index contributed by atoms with van der Waals surface area (Å²) < 4.78 is 96.4. The predicted molar refractivity (Wildman–Crippen MR) is 100.0 cm³/mol. The van der Waals surface area contributed by atoms with E-state index in [4.69, 9.17) is 9.26 Å². The SMILES string of the molecule is CCC(C)OC(=O)C(C)NP(=O)(Oc1ccccc1)Oc1c(F)c(F)c(F)c(F)c1F. The average molecular weight is 467 g/mol. The summed E-state index contributed by atoms with van der Waals surface area (Å²) in [6, 6.07) is 5.67. The largest absolute Gasteiger partial charge is 0.513 e. The lowest BCUT2D eigenvalue weighted by molar-refractivity contribution is -0.150. The third-order valence-electron chi connectivity index (χ3n) is 3.95. The molecule has 0 saturated carbocycles. The van der Waals surface area contributed by atoms with Crippen molar-refractivity contribution in [3.05, 3.63) is 59.4 Å².